The van der Waals surface area contributed by atoms with Crippen LogP contribution in [0.2, 0.25) is 0 Å². The highest BCUT2D eigenvalue weighted by Crippen LogP contribution is 2.42. The lowest BCUT2D eigenvalue weighted by Crippen LogP contribution is -2.32. The molecule has 1 aliphatic carbocycles. The average molecular weight is 338 g/mol. The highest BCUT2D eigenvalue weighted by atomic mass is 16.2. The zero-order valence-corrected chi connectivity index (χ0v) is 14.1. The smallest absolute Gasteiger partial charge is 0.257 e. The van der Waals surface area contributed by atoms with Gasteiger partial charge in [-0.1, -0.05) is 30.3 Å². The fraction of sp³-hybridized carbons (Fsp3) is 0.421. The Morgan fingerprint density at radius 1 is 1.16 bits per heavy atom. The summed E-state index contributed by atoms with van der Waals surface area (Å²) in [7, 11) is 0. The van der Waals surface area contributed by atoms with Gasteiger partial charge in [-0.2, -0.15) is 5.10 Å². The maximum absolute atomic E-state index is 13.0. The van der Waals surface area contributed by atoms with Gasteiger partial charge in [0.05, 0.1) is 29.9 Å². The highest BCUT2D eigenvalue weighted by molar-refractivity contribution is 5.96. The van der Waals surface area contributed by atoms with Crippen LogP contribution in [0.5, 0.6) is 0 Å². The molecule has 6 heteroatoms. The van der Waals surface area contributed by atoms with Gasteiger partial charge in [0.2, 0.25) is 5.91 Å². The van der Waals surface area contributed by atoms with Crippen LogP contribution in [0.1, 0.15) is 46.8 Å². The first-order chi connectivity index (χ1) is 12.1. The van der Waals surface area contributed by atoms with Crippen molar-refractivity contribution in [2.75, 3.05) is 13.1 Å². The zero-order chi connectivity index (χ0) is 17.4. The molecule has 1 aromatic carbocycles. The number of likely N-dealkylation sites (tertiary alicyclic amines) is 1. The van der Waals surface area contributed by atoms with Crippen molar-refractivity contribution in [3.63, 3.8) is 0 Å². The van der Waals surface area contributed by atoms with Gasteiger partial charge < -0.3 is 10.6 Å². The van der Waals surface area contributed by atoms with E-state index in [0.29, 0.717) is 37.5 Å². The van der Waals surface area contributed by atoms with E-state index in [9.17, 15) is 9.59 Å². The summed E-state index contributed by atoms with van der Waals surface area (Å²) in [6, 6.07) is 10.1. The average Bonchev–Trinajstić information content (AvgIpc) is 3.17. The van der Waals surface area contributed by atoms with Crippen molar-refractivity contribution in [1.82, 2.24) is 14.7 Å². The van der Waals surface area contributed by atoms with Crippen LogP contribution >= 0.6 is 0 Å². The van der Waals surface area contributed by atoms with Crippen LogP contribution in [0.3, 0.4) is 0 Å². The molecule has 1 aromatic heterocycles. The molecule has 2 aliphatic rings. The molecule has 0 radical (unpaired) electrons. The van der Waals surface area contributed by atoms with Crippen molar-refractivity contribution in [2.24, 2.45) is 11.7 Å². The molecule has 0 bridgehead atoms. The summed E-state index contributed by atoms with van der Waals surface area (Å²) in [6.45, 7) is 1.67. The number of amides is 2. The lowest BCUT2D eigenvalue weighted by atomic mass is 10.1. The number of rotatable bonds is 5. The third-order valence-electron chi connectivity index (χ3n) is 5.13. The van der Waals surface area contributed by atoms with Gasteiger partial charge in [0.25, 0.3) is 5.91 Å². The van der Waals surface area contributed by atoms with Gasteiger partial charge in [-0.05, 0) is 24.8 Å². The zero-order valence-electron chi connectivity index (χ0n) is 14.1. The van der Waals surface area contributed by atoms with Crippen LogP contribution in [-0.4, -0.2) is 39.6 Å². The summed E-state index contributed by atoms with van der Waals surface area (Å²) in [4.78, 5) is 26.1. The van der Waals surface area contributed by atoms with Crippen molar-refractivity contribution in [2.45, 2.75) is 31.7 Å². The van der Waals surface area contributed by atoms with E-state index >= 15 is 0 Å². The SMILES string of the molecule is NC(=O)C1CCN(C(=O)c2cnn(Cc3ccccc3)c2C2CC2)C1. The van der Waals surface area contributed by atoms with Gasteiger partial charge in [0.1, 0.15) is 0 Å². The number of carbonyl (C=O) groups is 2. The van der Waals surface area contributed by atoms with Crippen molar-refractivity contribution < 1.29 is 9.59 Å². The van der Waals surface area contributed by atoms with Crippen LogP contribution in [0.25, 0.3) is 0 Å². The molecule has 1 atom stereocenters. The van der Waals surface area contributed by atoms with E-state index in [1.54, 1.807) is 11.1 Å². The standard InChI is InChI=1S/C19H22N4O2/c20-18(24)15-8-9-22(12-15)19(25)16-10-21-23(17(16)14-6-7-14)11-13-4-2-1-3-5-13/h1-5,10,14-15H,6-9,11-12H2,(H2,20,24). The summed E-state index contributed by atoms with van der Waals surface area (Å²) in [5.74, 6) is -0.158. The molecule has 130 valence electrons. The second-order valence-corrected chi connectivity index (χ2v) is 7.00. The minimum atomic E-state index is -0.322. The first-order valence-corrected chi connectivity index (χ1v) is 8.81. The molecule has 0 spiro atoms. The fourth-order valence-corrected chi connectivity index (χ4v) is 3.58. The minimum Gasteiger partial charge on any atom is -0.369 e. The number of nitrogens with two attached hydrogens (primary N) is 1. The lowest BCUT2D eigenvalue weighted by Gasteiger charge is -2.16. The molecule has 4 rings (SSSR count). The monoisotopic (exact) mass is 338 g/mol. The molecule has 6 nitrogen and oxygen atoms in total. The molecule has 1 aliphatic heterocycles. The Hall–Kier alpha value is -2.63. The van der Waals surface area contributed by atoms with E-state index in [2.05, 4.69) is 17.2 Å². The van der Waals surface area contributed by atoms with Crippen LogP contribution < -0.4 is 5.73 Å². The fourth-order valence-electron chi connectivity index (χ4n) is 3.58. The minimum absolute atomic E-state index is 0.0232. The largest absolute Gasteiger partial charge is 0.369 e. The Labute approximate surface area is 146 Å². The molecular formula is C19H22N4O2. The number of hydrogen-bond acceptors (Lipinski definition) is 3. The number of nitrogens with zero attached hydrogens (tertiary/aromatic N) is 3. The van der Waals surface area contributed by atoms with E-state index in [0.717, 1.165) is 18.5 Å². The predicted molar refractivity (Wildman–Crippen MR) is 93.0 cm³/mol. The van der Waals surface area contributed by atoms with E-state index in [1.807, 2.05) is 22.9 Å². The van der Waals surface area contributed by atoms with E-state index < -0.39 is 0 Å². The Morgan fingerprint density at radius 3 is 2.56 bits per heavy atom. The molecule has 2 N–H and O–H groups in total. The van der Waals surface area contributed by atoms with Crippen molar-refractivity contribution >= 4 is 11.8 Å². The number of carbonyl (C=O) groups excluding carboxylic acids is 2. The molecular weight excluding hydrogens is 316 g/mol. The van der Waals surface area contributed by atoms with Crippen molar-refractivity contribution in [3.8, 4) is 0 Å². The quantitative estimate of drug-likeness (QED) is 0.902. The predicted octanol–water partition coefficient (Wildman–Crippen LogP) is 1.76. The molecule has 2 aromatic rings. The van der Waals surface area contributed by atoms with E-state index in [4.69, 9.17) is 5.73 Å². The second-order valence-electron chi connectivity index (χ2n) is 7.00. The third kappa shape index (κ3) is 3.16. The maximum atomic E-state index is 13.0. The second kappa shape index (κ2) is 6.35. The molecule has 25 heavy (non-hydrogen) atoms. The van der Waals surface area contributed by atoms with Crippen LogP contribution in [0.15, 0.2) is 36.5 Å². The van der Waals surface area contributed by atoms with Crippen LogP contribution in [-0.2, 0) is 11.3 Å². The van der Waals surface area contributed by atoms with Gasteiger partial charge in [-0.15, -0.1) is 0 Å². The van der Waals surface area contributed by atoms with Gasteiger partial charge in [0.15, 0.2) is 0 Å². The molecule has 1 saturated carbocycles. The van der Waals surface area contributed by atoms with Gasteiger partial charge in [-0.3, -0.25) is 14.3 Å². The van der Waals surface area contributed by atoms with Crippen LogP contribution in [0, 0.1) is 5.92 Å². The first kappa shape index (κ1) is 15.9. The van der Waals surface area contributed by atoms with E-state index in [-0.39, 0.29) is 17.7 Å². The Balaban J connectivity index is 1.58. The Morgan fingerprint density at radius 2 is 1.92 bits per heavy atom. The number of primary amides is 1. The van der Waals surface area contributed by atoms with Gasteiger partial charge >= 0.3 is 0 Å². The highest BCUT2D eigenvalue weighted by Gasteiger charge is 2.36. The molecule has 2 heterocycles. The summed E-state index contributed by atoms with van der Waals surface area (Å²) >= 11 is 0. The molecule has 1 unspecified atom stereocenters. The Kier molecular flexibility index (Phi) is 4.03. The summed E-state index contributed by atoms with van der Waals surface area (Å²) in [6.07, 6.45) is 4.55. The van der Waals surface area contributed by atoms with Crippen LogP contribution in [0.4, 0.5) is 0 Å². The number of aromatic nitrogens is 2. The number of benzene rings is 1. The topological polar surface area (TPSA) is 81.2 Å². The van der Waals surface area contributed by atoms with Gasteiger partial charge in [-0.25, -0.2) is 0 Å². The molecule has 2 fully saturated rings. The normalized spacial score (nSPS) is 20.0. The first-order valence-electron chi connectivity index (χ1n) is 8.81. The maximum Gasteiger partial charge on any atom is 0.257 e. The van der Waals surface area contributed by atoms with E-state index in [1.165, 1.54) is 5.56 Å². The van der Waals surface area contributed by atoms with Crippen molar-refractivity contribution in [3.05, 3.63) is 53.3 Å². The summed E-state index contributed by atoms with van der Waals surface area (Å²) < 4.78 is 1.96. The molecule has 1 saturated heterocycles. The van der Waals surface area contributed by atoms with Gasteiger partial charge in [0, 0.05) is 19.0 Å². The summed E-state index contributed by atoms with van der Waals surface area (Å²) in [5.41, 5.74) is 8.27. The number of hydrogen-bond donors (Lipinski definition) is 1. The van der Waals surface area contributed by atoms with Crippen molar-refractivity contribution in [1.29, 1.82) is 0 Å². The molecule has 2 amide bonds. The summed E-state index contributed by atoms with van der Waals surface area (Å²) in [5, 5.41) is 4.50. The Bertz CT molecular complexity index is 795. The third-order valence-corrected chi connectivity index (χ3v) is 5.13. The lowest BCUT2D eigenvalue weighted by molar-refractivity contribution is -0.121.